The molecule has 0 aliphatic carbocycles. The summed E-state index contributed by atoms with van der Waals surface area (Å²) in [5, 5.41) is 2.74. The quantitative estimate of drug-likeness (QED) is 0.502. The second kappa shape index (κ2) is 5.71. The van der Waals surface area contributed by atoms with Gasteiger partial charge in [-0.2, -0.15) is 0 Å². The van der Waals surface area contributed by atoms with Crippen LogP contribution in [0.1, 0.15) is 36.9 Å². The molecular formula is C11H17N3O2S2. The number of carbonyl (C=O) groups excluding carboxylic acids is 2. The van der Waals surface area contributed by atoms with E-state index >= 15 is 0 Å². The van der Waals surface area contributed by atoms with Crippen molar-refractivity contribution in [3.63, 3.8) is 0 Å². The minimum Gasteiger partial charge on any atom is -0.382 e. The van der Waals surface area contributed by atoms with E-state index in [1.165, 1.54) is 23.1 Å². The fourth-order valence-corrected chi connectivity index (χ4v) is 2.71. The number of hydrogen-bond donors (Lipinski definition) is 2. The molecule has 0 saturated heterocycles. The number of hydrogen-bond acceptors (Lipinski definition) is 6. The number of anilines is 1. The largest absolute Gasteiger partial charge is 0.382 e. The lowest BCUT2D eigenvalue weighted by Crippen LogP contribution is -2.41. The fraction of sp³-hybridized carbons (Fsp3) is 0.545. The Hall–Kier alpha value is -1.08. The molecule has 0 spiro atoms. The SMILES string of the molecule is CSc1nc(N)c(C(=O)CC(=O)NC(C)(C)C)s1. The van der Waals surface area contributed by atoms with Gasteiger partial charge < -0.3 is 11.1 Å². The van der Waals surface area contributed by atoms with Gasteiger partial charge in [-0.05, 0) is 27.0 Å². The summed E-state index contributed by atoms with van der Waals surface area (Å²) in [4.78, 5) is 28.0. The maximum Gasteiger partial charge on any atom is 0.228 e. The van der Waals surface area contributed by atoms with Crippen LogP contribution >= 0.6 is 23.1 Å². The average molecular weight is 287 g/mol. The van der Waals surface area contributed by atoms with E-state index < -0.39 is 0 Å². The van der Waals surface area contributed by atoms with Gasteiger partial charge >= 0.3 is 0 Å². The first kappa shape index (κ1) is 15.0. The Labute approximate surface area is 115 Å². The van der Waals surface area contributed by atoms with E-state index in [4.69, 9.17) is 5.73 Å². The smallest absolute Gasteiger partial charge is 0.228 e. The zero-order chi connectivity index (χ0) is 13.9. The summed E-state index contributed by atoms with van der Waals surface area (Å²) in [6.07, 6.45) is 1.66. The molecule has 18 heavy (non-hydrogen) atoms. The van der Waals surface area contributed by atoms with Gasteiger partial charge in [-0.25, -0.2) is 4.98 Å². The van der Waals surface area contributed by atoms with Crippen molar-refractivity contribution in [1.82, 2.24) is 10.3 Å². The third kappa shape index (κ3) is 4.30. The van der Waals surface area contributed by atoms with E-state index in [0.717, 1.165) is 4.34 Å². The number of nitrogens with zero attached hydrogens (tertiary/aromatic N) is 1. The van der Waals surface area contributed by atoms with E-state index in [1.807, 2.05) is 27.0 Å². The van der Waals surface area contributed by atoms with Gasteiger partial charge in [0, 0.05) is 5.54 Å². The average Bonchev–Trinajstić information content (AvgIpc) is 2.56. The molecule has 7 heteroatoms. The van der Waals surface area contributed by atoms with Crippen LogP contribution in [0.2, 0.25) is 0 Å². The summed E-state index contributed by atoms with van der Waals surface area (Å²) < 4.78 is 0.729. The van der Waals surface area contributed by atoms with Crippen molar-refractivity contribution in [1.29, 1.82) is 0 Å². The molecular weight excluding hydrogens is 270 g/mol. The summed E-state index contributed by atoms with van der Waals surface area (Å²) in [6.45, 7) is 5.59. The molecule has 0 aromatic carbocycles. The van der Waals surface area contributed by atoms with E-state index in [-0.39, 0.29) is 29.5 Å². The Bertz CT molecular complexity index is 463. The van der Waals surface area contributed by atoms with Crippen molar-refractivity contribution in [2.45, 2.75) is 37.1 Å². The molecule has 0 unspecified atom stereocenters. The topological polar surface area (TPSA) is 85.1 Å². The third-order valence-electron chi connectivity index (χ3n) is 1.90. The molecule has 1 rings (SSSR count). The van der Waals surface area contributed by atoms with Crippen LogP contribution in [0.15, 0.2) is 4.34 Å². The number of nitrogens with two attached hydrogens (primary N) is 1. The first-order valence-corrected chi connectivity index (χ1v) is 7.41. The number of thioether (sulfide) groups is 1. The number of amides is 1. The number of ketones is 1. The normalized spacial score (nSPS) is 11.3. The second-order valence-electron chi connectivity index (χ2n) is 4.80. The molecule has 0 radical (unpaired) electrons. The molecule has 0 fully saturated rings. The van der Waals surface area contributed by atoms with Gasteiger partial charge in [0.15, 0.2) is 10.1 Å². The molecule has 3 N–H and O–H groups in total. The highest BCUT2D eigenvalue weighted by Crippen LogP contribution is 2.28. The monoisotopic (exact) mass is 287 g/mol. The van der Waals surface area contributed by atoms with Crippen molar-refractivity contribution < 1.29 is 9.59 Å². The number of aromatic nitrogens is 1. The standard InChI is InChI=1S/C11H17N3O2S2/c1-11(2,3)14-7(16)5-6(15)8-9(12)13-10(17-4)18-8/h5,12H2,1-4H3,(H,14,16). The van der Waals surface area contributed by atoms with Gasteiger partial charge in [0.05, 0.1) is 6.42 Å². The Morgan fingerprint density at radius 1 is 1.44 bits per heavy atom. The predicted molar refractivity (Wildman–Crippen MR) is 75.2 cm³/mol. The predicted octanol–water partition coefficient (Wildman–Crippen LogP) is 1.93. The lowest BCUT2D eigenvalue weighted by molar-refractivity contribution is -0.121. The van der Waals surface area contributed by atoms with E-state index in [0.29, 0.717) is 4.88 Å². The van der Waals surface area contributed by atoms with Gasteiger partial charge in [-0.3, -0.25) is 9.59 Å². The van der Waals surface area contributed by atoms with Crippen molar-refractivity contribution >= 4 is 40.6 Å². The molecule has 1 aromatic rings. The van der Waals surface area contributed by atoms with Crippen LogP contribution in [0.25, 0.3) is 0 Å². The molecule has 0 bridgehead atoms. The zero-order valence-corrected chi connectivity index (χ0v) is 12.5. The van der Waals surface area contributed by atoms with Crippen LogP contribution in [-0.4, -0.2) is 28.5 Å². The molecule has 1 amide bonds. The molecule has 1 aromatic heterocycles. The summed E-state index contributed by atoms with van der Waals surface area (Å²) in [6, 6.07) is 0. The maximum absolute atomic E-state index is 11.9. The molecule has 100 valence electrons. The van der Waals surface area contributed by atoms with E-state index in [2.05, 4.69) is 10.3 Å². The second-order valence-corrected chi connectivity index (χ2v) is 6.85. The Kier molecular flexibility index (Phi) is 4.75. The van der Waals surface area contributed by atoms with Gasteiger partial charge in [0.1, 0.15) is 10.7 Å². The lowest BCUT2D eigenvalue weighted by atomic mass is 10.1. The summed E-state index contributed by atoms with van der Waals surface area (Å²) in [7, 11) is 0. The summed E-state index contributed by atoms with van der Waals surface area (Å²) in [5.41, 5.74) is 5.31. The fourth-order valence-electron chi connectivity index (χ4n) is 1.29. The van der Waals surface area contributed by atoms with Gasteiger partial charge in [-0.1, -0.05) is 11.8 Å². The molecule has 0 aliphatic rings. The van der Waals surface area contributed by atoms with Crippen LogP contribution < -0.4 is 11.1 Å². The summed E-state index contributed by atoms with van der Waals surface area (Å²) >= 11 is 2.65. The van der Waals surface area contributed by atoms with Crippen molar-refractivity contribution in [2.24, 2.45) is 0 Å². The third-order valence-corrected chi connectivity index (χ3v) is 3.99. The first-order valence-electron chi connectivity index (χ1n) is 5.37. The number of nitrogens with one attached hydrogen (secondary N) is 1. The zero-order valence-electron chi connectivity index (χ0n) is 10.9. The van der Waals surface area contributed by atoms with Crippen molar-refractivity contribution in [2.75, 3.05) is 12.0 Å². The molecule has 0 atom stereocenters. The van der Waals surface area contributed by atoms with Crippen LogP contribution in [0, 0.1) is 0 Å². The highest BCUT2D eigenvalue weighted by molar-refractivity contribution is 8.00. The van der Waals surface area contributed by atoms with Crippen LogP contribution in [0.3, 0.4) is 0 Å². The molecule has 1 heterocycles. The Morgan fingerprint density at radius 2 is 2.06 bits per heavy atom. The molecule has 0 aliphatic heterocycles. The van der Waals surface area contributed by atoms with Crippen LogP contribution in [0.4, 0.5) is 5.82 Å². The number of nitrogen functional groups attached to an aromatic ring is 1. The van der Waals surface area contributed by atoms with Crippen LogP contribution in [0.5, 0.6) is 0 Å². The minimum absolute atomic E-state index is 0.197. The number of rotatable bonds is 4. The number of carbonyl (C=O) groups is 2. The lowest BCUT2D eigenvalue weighted by Gasteiger charge is -2.20. The highest BCUT2D eigenvalue weighted by Gasteiger charge is 2.21. The maximum atomic E-state index is 11.9. The number of Topliss-reactive ketones (excluding diaryl/α,β-unsaturated/α-hetero) is 1. The summed E-state index contributed by atoms with van der Waals surface area (Å²) in [5.74, 6) is -0.379. The highest BCUT2D eigenvalue weighted by atomic mass is 32.2. The van der Waals surface area contributed by atoms with Crippen molar-refractivity contribution in [3.8, 4) is 0 Å². The minimum atomic E-state index is -0.346. The van der Waals surface area contributed by atoms with E-state index in [1.54, 1.807) is 0 Å². The van der Waals surface area contributed by atoms with Crippen LogP contribution in [-0.2, 0) is 4.79 Å². The van der Waals surface area contributed by atoms with Gasteiger partial charge in [0.25, 0.3) is 0 Å². The van der Waals surface area contributed by atoms with E-state index in [9.17, 15) is 9.59 Å². The Balaban J connectivity index is 2.70. The molecule has 5 nitrogen and oxygen atoms in total. The Morgan fingerprint density at radius 3 is 2.50 bits per heavy atom. The van der Waals surface area contributed by atoms with Gasteiger partial charge in [-0.15, -0.1) is 11.3 Å². The molecule has 0 saturated carbocycles. The van der Waals surface area contributed by atoms with Gasteiger partial charge in [0.2, 0.25) is 5.91 Å². The first-order chi connectivity index (χ1) is 8.23. The number of thiazole rings is 1. The van der Waals surface area contributed by atoms with Crippen molar-refractivity contribution in [3.05, 3.63) is 4.88 Å².